The molecule has 0 spiro atoms. The average Bonchev–Trinajstić information content (AvgIpc) is 3.28. The molecule has 4 N–H and O–H groups in total. The van der Waals surface area contributed by atoms with Crippen LogP contribution in [-0.2, 0) is 21.4 Å². The Balaban J connectivity index is 1.56. The van der Waals surface area contributed by atoms with E-state index in [9.17, 15) is 22.8 Å². The van der Waals surface area contributed by atoms with Gasteiger partial charge in [-0.3, -0.25) is 24.1 Å². The lowest BCUT2D eigenvalue weighted by molar-refractivity contribution is -0.117. The molecule has 3 aromatic rings. The van der Waals surface area contributed by atoms with Crippen LogP contribution in [0.5, 0.6) is 0 Å². The van der Waals surface area contributed by atoms with Gasteiger partial charge in [0.15, 0.2) is 5.69 Å². The SMILES string of the molecule is NC(=O)c1nn(CC(=O)Nc2cccc(S(=O)(=O)NC3=NCCC3)c2)c(=O)c2ccccc12. The van der Waals surface area contributed by atoms with Gasteiger partial charge < -0.3 is 11.1 Å². The molecule has 1 aromatic heterocycles. The monoisotopic (exact) mass is 468 g/mol. The molecule has 2 heterocycles. The first kappa shape index (κ1) is 22.1. The number of hydrogen-bond donors (Lipinski definition) is 3. The Hall–Kier alpha value is -4.06. The van der Waals surface area contributed by atoms with E-state index in [1.807, 2.05) is 0 Å². The highest BCUT2D eigenvalue weighted by atomic mass is 32.2. The Morgan fingerprint density at radius 3 is 2.55 bits per heavy atom. The fourth-order valence-electron chi connectivity index (χ4n) is 3.44. The highest BCUT2D eigenvalue weighted by molar-refractivity contribution is 7.90. The van der Waals surface area contributed by atoms with E-state index in [2.05, 4.69) is 20.1 Å². The van der Waals surface area contributed by atoms with E-state index in [1.54, 1.807) is 18.2 Å². The topological polar surface area (TPSA) is 166 Å². The van der Waals surface area contributed by atoms with E-state index in [0.717, 1.165) is 11.1 Å². The molecule has 1 aliphatic heterocycles. The number of primary amides is 1. The summed E-state index contributed by atoms with van der Waals surface area (Å²) >= 11 is 0. The minimum absolute atomic E-state index is 0.0492. The van der Waals surface area contributed by atoms with Crippen molar-refractivity contribution in [2.75, 3.05) is 11.9 Å². The first-order valence-electron chi connectivity index (χ1n) is 10.0. The van der Waals surface area contributed by atoms with Gasteiger partial charge in [-0.1, -0.05) is 24.3 Å². The fourth-order valence-corrected chi connectivity index (χ4v) is 4.57. The van der Waals surface area contributed by atoms with E-state index >= 15 is 0 Å². The molecule has 0 bridgehead atoms. The van der Waals surface area contributed by atoms with Crippen LogP contribution in [0, 0.1) is 0 Å². The van der Waals surface area contributed by atoms with Crippen molar-refractivity contribution in [3.05, 3.63) is 64.6 Å². The summed E-state index contributed by atoms with van der Waals surface area (Å²) in [4.78, 5) is 41.1. The number of carbonyl (C=O) groups excluding carboxylic acids is 2. The van der Waals surface area contributed by atoms with Gasteiger partial charge >= 0.3 is 0 Å². The number of aromatic nitrogens is 2. The summed E-state index contributed by atoms with van der Waals surface area (Å²) in [6.45, 7) is 0.0730. The largest absolute Gasteiger partial charge is 0.364 e. The highest BCUT2D eigenvalue weighted by Crippen LogP contribution is 2.17. The molecule has 12 heteroatoms. The maximum absolute atomic E-state index is 12.7. The standard InChI is InChI=1S/C21H20N6O5S/c22-20(29)19-15-7-1-2-8-16(15)21(30)27(25-19)12-18(28)24-13-5-3-6-14(11-13)33(31,32)26-17-9-4-10-23-17/h1-3,5-8,11H,4,9-10,12H2,(H2,22,29)(H,23,26)(H,24,28). The van der Waals surface area contributed by atoms with E-state index in [-0.39, 0.29) is 21.7 Å². The number of benzene rings is 2. The lowest BCUT2D eigenvalue weighted by Gasteiger charge is -2.11. The zero-order valence-electron chi connectivity index (χ0n) is 17.3. The van der Waals surface area contributed by atoms with Gasteiger partial charge in [-0.15, -0.1) is 0 Å². The molecule has 11 nitrogen and oxygen atoms in total. The maximum Gasteiger partial charge on any atom is 0.275 e. The number of anilines is 1. The number of sulfonamides is 1. The number of fused-ring (bicyclic) bond motifs is 1. The normalized spacial score (nSPS) is 13.5. The first-order valence-corrected chi connectivity index (χ1v) is 11.5. The summed E-state index contributed by atoms with van der Waals surface area (Å²) in [5.41, 5.74) is 4.89. The molecule has 2 aromatic carbocycles. The second kappa shape index (κ2) is 8.82. The molecule has 0 unspecified atom stereocenters. The smallest absolute Gasteiger partial charge is 0.275 e. The number of amidine groups is 1. The maximum atomic E-state index is 12.7. The summed E-state index contributed by atoms with van der Waals surface area (Å²) in [6.07, 6.45) is 1.34. The van der Waals surface area contributed by atoms with Gasteiger partial charge in [-0.25, -0.2) is 13.1 Å². The van der Waals surface area contributed by atoms with Crippen LogP contribution >= 0.6 is 0 Å². The van der Waals surface area contributed by atoms with Crippen molar-refractivity contribution in [1.82, 2.24) is 14.5 Å². The van der Waals surface area contributed by atoms with Gasteiger partial charge in [0.05, 0.1) is 10.3 Å². The Bertz CT molecular complexity index is 1460. The number of carbonyl (C=O) groups is 2. The number of nitrogens with one attached hydrogen (secondary N) is 2. The second-order valence-electron chi connectivity index (χ2n) is 7.33. The fraction of sp³-hybridized carbons (Fsp3) is 0.190. The summed E-state index contributed by atoms with van der Waals surface area (Å²) in [5, 5.41) is 6.98. The molecule has 0 saturated carbocycles. The number of amides is 2. The van der Waals surface area contributed by atoms with Gasteiger partial charge in [0.25, 0.3) is 21.5 Å². The van der Waals surface area contributed by atoms with Crippen LogP contribution in [0.2, 0.25) is 0 Å². The number of aliphatic imine (C=N–C) groups is 1. The van der Waals surface area contributed by atoms with Crippen molar-refractivity contribution in [1.29, 1.82) is 0 Å². The van der Waals surface area contributed by atoms with Crippen LogP contribution < -0.4 is 21.3 Å². The molecule has 4 rings (SSSR count). The van der Waals surface area contributed by atoms with Gasteiger partial charge in [0, 0.05) is 24.0 Å². The Morgan fingerprint density at radius 1 is 1.09 bits per heavy atom. The van der Waals surface area contributed by atoms with Crippen LogP contribution in [0.25, 0.3) is 10.8 Å². The van der Waals surface area contributed by atoms with Crippen LogP contribution in [0.1, 0.15) is 23.3 Å². The Labute approximate surface area is 188 Å². The Morgan fingerprint density at radius 2 is 1.85 bits per heavy atom. The first-order chi connectivity index (χ1) is 15.7. The second-order valence-corrected chi connectivity index (χ2v) is 9.02. The lowest BCUT2D eigenvalue weighted by atomic mass is 10.1. The average molecular weight is 468 g/mol. The van der Waals surface area contributed by atoms with E-state index in [0.29, 0.717) is 24.2 Å². The highest BCUT2D eigenvalue weighted by Gasteiger charge is 2.19. The van der Waals surface area contributed by atoms with Crippen LogP contribution in [0.4, 0.5) is 5.69 Å². The van der Waals surface area contributed by atoms with Crippen molar-refractivity contribution in [2.45, 2.75) is 24.3 Å². The number of nitrogens with two attached hydrogens (primary N) is 1. The molecule has 1 aliphatic rings. The van der Waals surface area contributed by atoms with Crippen molar-refractivity contribution in [2.24, 2.45) is 10.7 Å². The summed E-state index contributed by atoms with van der Waals surface area (Å²) < 4.78 is 28.5. The van der Waals surface area contributed by atoms with E-state index in [1.165, 1.54) is 30.3 Å². The zero-order valence-corrected chi connectivity index (χ0v) is 18.1. The molecular formula is C21H20N6O5S. The predicted octanol–water partition coefficient (Wildman–Crippen LogP) is 0.605. The molecule has 0 aliphatic carbocycles. The third kappa shape index (κ3) is 4.75. The third-order valence-corrected chi connectivity index (χ3v) is 6.33. The van der Waals surface area contributed by atoms with Gasteiger partial charge in [-0.2, -0.15) is 5.10 Å². The van der Waals surface area contributed by atoms with E-state index < -0.39 is 33.9 Å². The van der Waals surface area contributed by atoms with Gasteiger partial charge in [0.2, 0.25) is 5.91 Å². The molecule has 2 amide bonds. The molecule has 0 radical (unpaired) electrons. The summed E-state index contributed by atoms with van der Waals surface area (Å²) in [6, 6.07) is 12.0. The third-order valence-electron chi connectivity index (χ3n) is 4.95. The van der Waals surface area contributed by atoms with Crippen molar-refractivity contribution in [3.8, 4) is 0 Å². The van der Waals surface area contributed by atoms with Crippen molar-refractivity contribution in [3.63, 3.8) is 0 Å². The predicted molar refractivity (Wildman–Crippen MR) is 121 cm³/mol. The quantitative estimate of drug-likeness (QED) is 0.479. The molecule has 33 heavy (non-hydrogen) atoms. The zero-order chi connectivity index (χ0) is 23.6. The molecule has 170 valence electrons. The Kier molecular flexibility index (Phi) is 5.92. The lowest BCUT2D eigenvalue weighted by Crippen LogP contribution is -2.32. The van der Waals surface area contributed by atoms with Crippen LogP contribution in [0.3, 0.4) is 0 Å². The summed E-state index contributed by atoms with van der Waals surface area (Å²) in [7, 11) is -3.86. The number of rotatable bonds is 6. The molecule has 0 saturated heterocycles. The van der Waals surface area contributed by atoms with Crippen LogP contribution in [-0.4, -0.2) is 42.4 Å². The molecule has 0 fully saturated rings. The minimum Gasteiger partial charge on any atom is -0.364 e. The van der Waals surface area contributed by atoms with Crippen LogP contribution in [0.15, 0.2) is 63.2 Å². The number of nitrogens with zero attached hydrogens (tertiary/aromatic N) is 3. The molecule has 0 atom stereocenters. The van der Waals surface area contributed by atoms with Gasteiger partial charge in [-0.05, 0) is 30.7 Å². The minimum atomic E-state index is -3.86. The molecular weight excluding hydrogens is 448 g/mol. The number of hydrogen-bond acceptors (Lipinski definition) is 7. The van der Waals surface area contributed by atoms with E-state index in [4.69, 9.17) is 5.73 Å². The van der Waals surface area contributed by atoms with Crippen molar-refractivity contribution < 1.29 is 18.0 Å². The van der Waals surface area contributed by atoms with Gasteiger partial charge in [0.1, 0.15) is 12.4 Å². The summed E-state index contributed by atoms with van der Waals surface area (Å²) in [5.74, 6) is -1.08. The van der Waals surface area contributed by atoms with Crippen molar-refractivity contribution >= 4 is 44.1 Å².